The Morgan fingerprint density at radius 3 is 2.70 bits per heavy atom. The number of para-hydroxylation sites is 1. The van der Waals surface area contributed by atoms with Crippen LogP contribution in [0, 0.1) is 6.92 Å². The molecule has 0 aliphatic rings. The van der Waals surface area contributed by atoms with E-state index in [1.807, 2.05) is 78.3 Å². The Balaban J connectivity index is 1.64. The Morgan fingerprint density at radius 2 is 1.83 bits per heavy atom. The van der Waals surface area contributed by atoms with Crippen molar-refractivity contribution in [2.45, 2.75) is 17.8 Å². The molecule has 5 rings (SSSR count). The number of fused-ring (bicyclic) bond motifs is 2. The lowest BCUT2D eigenvalue weighted by Gasteiger charge is -2.15. The molecule has 5 nitrogen and oxygen atoms in total. The SMILES string of the molecule is Cc1c(Cl)cccc1-n1c(SCc2cn3ccccc3n2)nc2ccccc2c1=O. The van der Waals surface area contributed by atoms with Gasteiger partial charge in [0, 0.05) is 23.2 Å². The van der Waals surface area contributed by atoms with Gasteiger partial charge in [0.25, 0.3) is 5.56 Å². The number of rotatable bonds is 4. The lowest BCUT2D eigenvalue weighted by Crippen LogP contribution is -2.22. The second-order valence-corrected chi connectivity index (χ2v) is 8.27. The third-order valence-electron chi connectivity index (χ3n) is 4.99. The molecule has 0 amide bonds. The van der Waals surface area contributed by atoms with Gasteiger partial charge in [0.2, 0.25) is 0 Å². The average molecular weight is 433 g/mol. The molecule has 3 aromatic heterocycles. The van der Waals surface area contributed by atoms with Gasteiger partial charge in [0.15, 0.2) is 5.16 Å². The summed E-state index contributed by atoms with van der Waals surface area (Å²) in [4.78, 5) is 22.9. The van der Waals surface area contributed by atoms with Crippen molar-refractivity contribution in [3.8, 4) is 5.69 Å². The van der Waals surface area contributed by atoms with Gasteiger partial charge in [0.05, 0.1) is 22.3 Å². The molecule has 3 heterocycles. The first kappa shape index (κ1) is 18.9. The van der Waals surface area contributed by atoms with Gasteiger partial charge < -0.3 is 4.40 Å². The van der Waals surface area contributed by atoms with Crippen molar-refractivity contribution >= 4 is 39.9 Å². The van der Waals surface area contributed by atoms with Crippen LogP contribution in [0.25, 0.3) is 22.2 Å². The summed E-state index contributed by atoms with van der Waals surface area (Å²) < 4.78 is 3.64. The van der Waals surface area contributed by atoms with Crippen molar-refractivity contribution in [2.24, 2.45) is 0 Å². The zero-order chi connectivity index (χ0) is 20.7. The lowest BCUT2D eigenvalue weighted by atomic mass is 10.2. The maximum absolute atomic E-state index is 13.4. The lowest BCUT2D eigenvalue weighted by molar-refractivity contribution is 0.814. The zero-order valence-electron chi connectivity index (χ0n) is 16.1. The topological polar surface area (TPSA) is 52.2 Å². The number of imidazole rings is 1. The molecule has 5 aromatic rings. The number of aromatic nitrogens is 4. The maximum Gasteiger partial charge on any atom is 0.266 e. The number of hydrogen-bond donors (Lipinski definition) is 0. The zero-order valence-corrected chi connectivity index (χ0v) is 17.7. The molecule has 0 aliphatic heterocycles. The molecule has 148 valence electrons. The van der Waals surface area contributed by atoms with Crippen LogP contribution in [0.2, 0.25) is 5.02 Å². The Labute approximate surface area is 182 Å². The van der Waals surface area contributed by atoms with Crippen LogP contribution in [0.5, 0.6) is 0 Å². The summed E-state index contributed by atoms with van der Waals surface area (Å²) in [5.74, 6) is 0.589. The van der Waals surface area contributed by atoms with Crippen LogP contribution in [0.1, 0.15) is 11.3 Å². The summed E-state index contributed by atoms with van der Waals surface area (Å²) in [6.45, 7) is 1.91. The standard InChI is InChI=1S/C23H17ClN4OS/c1-15-18(24)8-6-10-20(15)28-22(29)17-7-2-3-9-19(17)26-23(28)30-14-16-13-27-12-5-4-11-21(27)25-16/h2-13H,14H2,1H3. The number of benzene rings is 2. The van der Waals surface area contributed by atoms with E-state index < -0.39 is 0 Å². The Hall–Kier alpha value is -3.09. The molecule has 30 heavy (non-hydrogen) atoms. The normalized spacial score (nSPS) is 11.4. The Kier molecular flexibility index (Phi) is 4.81. The fourth-order valence-electron chi connectivity index (χ4n) is 3.46. The molecule has 0 spiro atoms. The molecule has 0 saturated carbocycles. The van der Waals surface area contributed by atoms with Gasteiger partial charge in [-0.15, -0.1) is 0 Å². The number of hydrogen-bond acceptors (Lipinski definition) is 4. The van der Waals surface area contributed by atoms with Crippen molar-refractivity contribution < 1.29 is 0 Å². The maximum atomic E-state index is 13.4. The van der Waals surface area contributed by atoms with Crippen LogP contribution in [-0.4, -0.2) is 18.9 Å². The molecule has 0 radical (unpaired) electrons. The van der Waals surface area contributed by atoms with Crippen molar-refractivity contribution in [3.63, 3.8) is 0 Å². The van der Waals surface area contributed by atoms with E-state index in [-0.39, 0.29) is 5.56 Å². The van der Waals surface area contributed by atoms with E-state index in [0.29, 0.717) is 26.8 Å². The third kappa shape index (κ3) is 3.28. The van der Waals surface area contributed by atoms with Crippen molar-refractivity contribution in [2.75, 3.05) is 0 Å². The minimum atomic E-state index is -0.108. The molecule has 0 aliphatic carbocycles. The largest absolute Gasteiger partial charge is 0.307 e. The summed E-state index contributed by atoms with van der Waals surface area (Å²) in [5.41, 5.74) is 3.96. The summed E-state index contributed by atoms with van der Waals surface area (Å²) in [5, 5.41) is 1.80. The minimum Gasteiger partial charge on any atom is -0.307 e. The molecule has 7 heteroatoms. The Bertz CT molecular complexity index is 1420. The molecular formula is C23H17ClN4OS. The van der Waals surface area contributed by atoms with Gasteiger partial charge in [-0.2, -0.15) is 0 Å². The molecule has 0 unspecified atom stereocenters. The van der Waals surface area contributed by atoms with E-state index in [2.05, 4.69) is 4.98 Å². The van der Waals surface area contributed by atoms with E-state index in [0.717, 1.165) is 22.6 Å². The predicted octanol–water partition coefficient (Wildman–Crippen LogP) is 5.29. The number of halogens is 1. The number of thioether (sulfide) groups is 1. The molecule has 0 saturated heterocycles. The van der Waals surface area contributed by atoms with E-state index in [1.54, 1.807) is 10.6 Å². The fraction of sp³-hybridized carbons (Fsp3) is 0.0870. The van der Waals surface area contributed by atoms with Crippen molar-refractivity contribution in [3.05, 3.63) is 99.7 Å². The van der Waals surface area contributed by atoms with Crippen LogP contribution < -0.4 is 5.56 Å². The van der Waals surface area contributed by atoms with E-state index in [9.17, 15) is 4.79 Å². The van der Waals surface area contributed by atoms with Gasteiger partial charge in [-0.25, -0.2) is 9.97 Å². The first-order chi connectivity index (χ1) is 14.6. The van der Waals surface area contributed by atoms with Gasteiger partial charge in [-0.05, 0) is 48.9 Å². The molecule has 2 aromatic carbocycles. The highest BCUT2D eigenvalue weighted by molar-refractivity contribution is 7.98. The summed E-state index contributed by atoms with van der Waals surface area (Å²) in [6, 6.07) is 18.9. The highest BCUT2D eigenvalue weighted by Crippen LogP contribution is 2.28. The first-order valence-corrected chi connectivity index (χ1v) is 10.8. The van der Waals surface area contributed by atoms with Crippen LogP contribution in [0.4, 0.5) is 0 Å². The fourth-order valence-corrected chi connectivity index (χ4v) is 4.51. The molecular weight excluding hydrogens is 416 g/mol. The summed E-state index contributed by atoms with van der Waals surface area (Å²) in [6.07, 6.45) is 3.96. The highest BCUT2D eigenvalue weighted by Gasteiger charge is 2.16. The number of nitrogens with zero attached hydrogens (tertiary/aromatic N) is 4. The first-order valence-electron chi connectivity index (χ1n) is 9.44. The van der Waals surface area contributed by atoms with Crippen LogP contribution >= 0.6 is 23.4 Å². The average Bonchev–Trinajstić information content (AvgIpc) is 3.18. The van der Waals surface area contributed by atoms with E-state index >= 15 is 0 Å². The monoisotopic (exact) mass is 432 g/mol. The molecule has 0 fully saturated rings. The Morgan fingerprint density at radius 1 is 1.00 bits per heavy atom. The third-order valence-corrected chi connectivity index (χ3v) is 6.37. The smallest absolute Gasteiger partial charge is 0.266 e. The summed E-state index contributed by atoms with van der Waals surface area (Å²) >= 11 is 7.84. The highest BCUT2D eigenvalue weighted by atomic mass is 35.5. The molecule has 0 atom stereocenters. The van der Waals surface area contributed by atoms with Crippen LogP contribution in [0.15, 0.2) is 83.0 Å². The van der Waals surface area contributed by atoms with Crippen molar-refractivity contribution in [1.82, 2.24) is 18.9 Å². The second kappa shape index (κ2) is 7.63. The van der Waals surface area contributed by atoms with Gasteiger partial charge in [-0.1, -0.05) is 47.6 Å². The number of pyridine rings is 1. The van der Waals surface area contributed by atoms with E-state index in [4.69, 9.17) is 16.6 Å². The molecule has 0 bridgehead atoms. The minimum absolute atomic E-state index is 0.108. The second-order valence-electron chi connectivity index (χ2n) is 6.92. The van der Waals surface area contributed by atoms with Crippen LogP contribution in [-0.2, 0) is 5.75 Å². The van der Waals surface area contributed by atoms with Gasteiger partial charge >= 0.3 is 0 Å². The summed E-state index contributed by atoms with van der Waals surface area (Å²) in [7, 11) is 0. The quantitative estimate of drug-likeness (QED) is 0.286. The van der Waals surface area contributed by atoms with Crippen molar-refractivity contribution in [1.29, 1.82) is 0 Å². The van der Waals surface area contributed by atoms with Crippen LogP contribution in [0.3, 0.4) is 0 Å². The van der Waals surface area contributed by atoms with Gasteiger partial charge in [-0.3, -0.25) is 9.36 Å². The predicted molar refractivity (Wildman–Crippen MR) is 122 cm³/mol. The van der Waals surface area contributed by atoms with Gasteiger partial charge in [0.1, 0.15) is 5.65 Å². The van der Waals surface area contributed by atoms with E-state index in [1.165, 1.54) is 11.8 Å². The molecule has 0 N–H and O–H groups in total.